The second-order valence-electron chi connectivity index (χ2n) is 7.04. The topological polar surface area (TPSA) is 21.3 Å². The van der Waals surface area contributed by atoms with Gasteiger partial charge in [0.25, 0.3) is 0 Å². The fourth-order valence-electron chi connectivity index (χ4n) is 3.47. The smallest absolute Gasteiger partial charge is 0.0462 e. The van der Waals surface area contributed by atoms with Gasteiger partial charge in [-0.25, -0.2) is 0 Å². The summed E-state index contributed by atoms with van der Waals surface area (Å²) in [6.07, 6.45) is 6.86. The third-order valence-electron chi connectivity index (χ3n) is 4.83. The van der Waals surface area contributed by atoms with Crippen molar-refractivity contribution in [3.63, 3.8) is 0 Å². The summed E-state index contributed by atoms with van der Waals surface area (Å²) in [5.74, 6) is 3.59. The number of hydrogen-bond acceptors (Lipinski definition) is 2. The Bertz CT molecular complexity index is 227. The van der Waals surface area contributed by atoms with E-state index in [9.17, 15) is 0 Å². The molecule has 0 amide bonds. The van der Waals surface area contributed by atoms with E-state index in [4.69, 9.17) is 4.74 Å². The lowest BCUT2D eigenvalue weighted by atomic mass is 9.69. The van der Waals surface area contributed by atoms with Gasteiger partial charge in [0.05, 0.1) is 0 Å². The van der Waals surface area contributed by atoms with Crippen LogP contribution in [0.5, 0.6) is 0 Å². The van der Waals surface area contributed by atoms with Crippen molar-refractivity contribution in [3.8, 4) is 0 Å². The van der Waals surface area contributed by atoms with E-state index < -0.39 is 0 Å². The maximum Gasteiger partial charge on any atom is 0.0462 e. The van der Waals surface area contributed by atoms with Crippen molar-refractivity contribution in [3.05, 3.63) is 0 Å². The van der Waals surface area contributed by atoms with Crippen molar-refractivity contribution in [2.45, 2.75) is 65.8 Å². The summed E-state index contributed by atoms with van der Waals surface area (Å²) in [5.41, 5.74) is 0. The molecular formula is C17H35NO. The molecule has 0 aromatic carbocycles. The van der Waals surface area contributed by atoms with Gasteiger partial charge in [0.1, 0.15) is 0 Å². The molecule has 1 saturated carbocycles. The van der Waals surface area contributed by atoms with Crippen molar-refractivity contribution in [1.29, 1.82) is 0 Å². The minimum atomic E-state index is 0.613. The molecule has 0 bridgehead atoms. The van der Waals surface area contributed by atoms with Crippen LogP contribution in [0.25, 0.3) is 0 Å². The Morgan fingerprint density at radius 1 is 1.11 bits per heavy atom. The van der Waals surface area contributed by atoms with Crippen LogP contribution in [0.15, 0.2) is 0 Å². The quantitative estimate of drug-likeness (QED) is 0.670. The highest BCUT2D eigenvalue weighted by Gasteiger charge is 2.31. The highest BCUT2D eigenvalue weighted by Crippen LogP contribution is 2.39. The number of hydrogen-bond donors (Lipinski definition) is 1. The van der Waals surface area contributed by atoms with Crippen LogP contribution in [-0.2, 0) is 4.74 Å². The van der Waals surface area contributed by atoms with Crippen molar-refractivity contribution in [1.82, 2.24) is 5.32 Å². The molecule has 0 aromatic heterocycles. The van der Waals surface area contributed by atoms with E-state index in [0.29, 0.717) is 6.04 Å². The average Bonchev–Trinajstić information content (AvgIpc) is 2.37. The summed E-state index contributed by atoms with van der Waals surface area (Å²) in [7, 11) is 1.82. The van der Waals surface area contributed by atoms with Gasteiger partial charge in [0.15, 0.2) is 0 Å². The first-order chi connectivity index (χ1) is 9.04. The van der Waals surface area contributed by atoms with Crippen molar-refractivity contribution >= 4 is 0 Å². The molecule has 0 aliphatic heterocycles. The lowest BCUT2D eigenvalue weighted by Crippen LogP contribution is -2.36. The normalized spacial score (nSPS) is 28.3. The molecule has 114 valence electrons. The van der Waals surface area contributed by atoms with E-state index in [0.717, 1.165) is 30.3 Å². The SMILES string of the molecule is COCCCC1CC(C(C)C)CCC1CNC(C)C. The average molecular weight is 269 g/mol. The van der Waals surface area contributed by atoms with Crippen LogP contribution in [0.2, 0.25) is 0 Å². The van der Waals surface area contributed by atoms with Crippen molar-refractivity contribution in [2.24, 2.45) is 23.7 Å². The Balaban J connectivity index is 2.46. The lowest BCUT2D eigenvalue weighted by Gasteiger charge is -2.38. The first kappa shape index (κ1) is 17.0. The Morgan fingerprint density at radius 3 is 2.42 bits per heavy atom. The molecule has 0 heterocycles. The highest BCUT2D eigenvalue weighted by atomic mass is 16.5. The first-order valence-electron chi connectivity index (χ1n) is 8.26. The number of ether oxygens (including phenoxy) is 1. The van der Waals surface area contributed by atoms with Gasteiger partial charge in [0, 0.05) is 19.8 Å². The molecule has 1 aliphatic rings. The van der Waals surface area contributed by atoms with Gasteiger partial charge in [-0.3, -0.25) is 0 Å². The van der Waals surface area contributed by atoms with Crippen LogP contribution < -0.4 is 5.32 Å². The zero-order valence-corrected chi connectivity index (χ0v) is 13.7. The molecule has 3 unspecified atom stereocenters. The van der Waals surface area contributed by atoms with E-state index in [-0.39, 0.29) is 0 Å². The largest absolute Gasteiger partial charge is 0.385 e. The van der Waals surface area contributed by atoms with E-state index in [2.05, 4.69) is 33.0 Å². The molecule has 0 radical (unpaired) electrons. The number of rotatable bonds is 8. The Hall–Kier alpha value is -0.0800. The predicted molar refractivity (Wildman–Crippen MR) is 83.4 cm³/mol. The molecule has 0 aromatic rings. The predicted octanol–water partition coefficient (Wildman–Crippen LogP) is 4.10. The summed E-state index contributed by atoms with van der Waals surface area (Å²) in [4.78, 5) is 0. The van der Waals surface area contributed by atoms with Crippen LogP contribution >= 0.6 is 0 Å². The zero-order chi connectivity index (χ0) is 14.3. The van der Waals surface area contributed by atoms with Gasteiger partial charge in [0.2, 0.25) is 0 Å². The molecule has 2 nitrogen and oxygen atoms in total. The van der Waals surface area contributed by atoms with Gasteiger partial charge in [-0.15, -0.1) is 0 Å². The third kappa shape index (κ3) is 6.27. The molecule has 1 aliphatic carbocycles. The zero-order valence-electron chi connectivity index (χ0n) is 13.7. The molecule has 3 atom stereocenters. The number of nitrogens with one attached hydrogen (secondary N) is 1. The molecule has 1 N–H and O–H groups in total. The Labute approximate surface area is 120 Å². The summed E-state index contributed by atoms with van der Waals surface area (Å²) in [6.45, 7) is 11.4. The monoisotopic (exact) mass is 269 g/mol. The molecule has 2 heteroatoms. The summed E-state index contributed by atoms with van der Waals surface area (Å²) in [5, 5.41) is 3.65. The fourth-order valence-corrected chi connectivity index (χ4v) is 3.47. The number of methoxy groups -OCH3 is 1. The van der Waals surface area contributed by atoms with Crippen LogP contribution in [0.4, 0.5) is 0 Å². The maximum absolute atomic E-state index is 5.22. The van der Waals surface area contributed by atoms with Crippen molar-refractivity contribution < 1.29 is 4.74 Å². The minimum absolute atomic E-state index is 0.613. The Kier molecular flexibility index (Phi) is 8.01. The fraction of sp³-hybridized carbons (Fsp3) is 1.00. The van der Waals surface area contributed by atoms with Gasteiger partial charge in [-0.2, -0.15) is 0 Å². The van der Waals surface area contributed by atoms with Crippen LogP contribution in [0, 0.1) is 23.7 Å². The van der Waals surface area contributed by atoms with Gasteiger partial charge in [-0.05, 0) is 62.3 Å². The van der Waals surface area contributed by atoms with Crippen LogP contribution in [0.3, 0.4) is 0 Å². The molecule has 0 saturated heterocycles. The highest BCUT2D eigenvalue weighted by molar-refractivity contribution is 4.83. The van der Waals surface area contributed by atoms with E-state index in [1.54, 1.807) is 0 Å². The Morgan fingerprint density at radius 2 is 1.84 bits per heavy atom. The standard InChI is InChI=1S/C17H35NO/c1-13(2)15-8-9-17(12-18-14(3)4)16(11-15)7-6-10-19-5/h13-18H,6-12H2,1-5H3. The second kappa shape index (κ2) is 8.97. The summed E-state index contributed by atoms with van der Waals surface area (Å²) < 4.78 is 5.22. The first-order valence-corrected chi connectivity index (χ1v) is 8.26. The van der Waals surface area contributed by atoms with E-state index >= 15 is 0 Å². The van der Waals surface area contributed by atoms with Crippen LogP contribution in [0.1, 0.15) is 59.8 Å². The second-order valence-corrected chi connectivity index (χ2v) is 7.04. The summed E-state index contributed by atoms with van der Waals surface area (Å²) >= 11 is 0. The van der Waals surface area contributed by atoms with Gasteiger partial charge < -0.3 is 10.1 Å². The van der Waals surface area contributed by atoms with Crippen LogP contribution in [-0.4, -0.2) is 26.3 Å². The lowest BCUT2D eigenvalue weighted by molar-refractivity contribution is 0.120. The maximum atomic E-state index is 5.22. The minimum Gasteiger partial charge on any atom is -0.385 e. The molecule has 1 rings (SSSR count). The molecule has 19 heavy (non-hydrogen) atoms. The molecule has 0 spiro atoms. The van der Waals surface area contributed by atoms with Gasteiger partial charge >= 0.3 is 0 Å². The third-order valence-corrected chi connectivity index (χ3v) is 4.83. The van der Waals surface area contributed by atoms with Gasteiger partial charge in [-0.1, -0.05) is 27.7 Å². The summed E-state index contributed by atoms with van der Waals surface area (Å²) in [6, 6.07) is 0.613. The van der Waals surface area contributed by atoms with Crippen molar-refractivity contribution in [2.75, 3.05) is 20.3 Å². The van der Waals surface area contributed by atoms with E-state index in [1.165, 1.54) is 38.6 Å². The molecule has 1 fully saturated rings. The van der Waals surface area contributed by atoms with E-state index in [1.807, 2.05) is 7.11 Å². The molecular weight excluding hydrogens is 234 g/mol.